The quantitative estimate of drug-likeness (QED) is 0.253. The van der Waals surface area contributed by atoms with Gasteiger partial charge in [0, 0.05) is 39.6 Å². The number of benzene rings is 3. The Balaban J connectivity index is 1.50. The van der Waals surface area contributed by atoms with Crippen LogP contribution < -0.4 is 15.5 Å². The molecule has 1 aromatic heterocycles. The molecule has 5 rings (SSSR count). The fourth-order valence-electron chi connectivity index (χ4n) is 5.97. The molecule has 0 saturated heterocycles. The summed E-state index contributed by atoms with van der Waals surface area (Å²) in [6.07, 6.45) is 9.23. The molecule has 2 heterocycles. The van der Waals surface area contributed by atoms with Crippen LogP contribution in [0.25, 0.3) is 39.9 Å². The van der Waals surface area contributed by atoms with Crippen LogP contribution in [0.3, 0.4) is 0 Å². The monoisotopic (exact) mass is 510 g/mol. The Morgan fingerprint density at radius 1 is 0.872 bits per heavy atom. The Bertz CT molecular complexity index is 1720. The molecule has 0 N–H and O–H groups in total. The van der Waals surface area contributed by atoms with Crippen molar-refractivity contribution >= 4 is 28.7 Å². The van der Waals surface area contributed by atoms with Gasteiger partial charge in [-0.2, -0.15) is 0 Å². The number of allylic oxidation sites excluding steroid dienone is 4. The van der Waals surface area contributed by atoms with Crippen LogP contribution in [0, 0.1) is 5.41 Å². The maximum atomic E-state index is 4.30. The summed E-state index contributed by atoms with van der Waals surface area (Å²) < 4.78 is 2.33. The molecule has 4 aromatic rings. The van der Waals surface area contributed by atoms with E-state index in [4.69, 9.17) is 0 Å². The van der Waals surface area contributed by atoms with Gasteiger partial charge in [0.1, 0.15) is 0 Å². The molecule has 0 unspecified atom stereocenters. The van der Waals surface area contributed by atoms with E-state index in [1.807, 2.05) is 12.2 Å². The minimum Gasteiger partial charge on any atom is -0.341 e. The minimum absolute atomic E-state index is 0.0964. The highest BCUT2D eigenvalue weighted by molar-refractivity contribution is 5.84. The smallest absolute Gasteiger partial charge is 0.0540 e. The van der Waals surface area contributed by atoms with Crippen molar-refractivity contribution in [1.29, 1.82) is 0 Å². The molecule has 0 atom stereocenters. The van der Waals surface area contributed by atoms with Crippen molar-refractivity contribution in [1.82, 2.24) is 4.57 Å². The van der Waals surface area contributed by atoms with Crippen molar-refractivity contribution in [2.45, 2.75) is 34.1 Å². The van der Waals surface area contributed by atoms with Crippen LogP contribution in [0.2, 0.25) is 0 Å². The third-order valence-corrected chi connectivity index (χ3v) is 7.97. The molecular formula is C37H38N2. The molecule has 0 fully saturated rings. The van der Waals surface area contributed by atoms with Gasteiger partial charge in [-0.3, -0.25) is 0 Å². The Morgan fingerprint density at radius 3 is 2.05 bits per heavy atom. The van der Waals surface area contributed by atoms with Gasteiger partial charge in [0.25, 0.3) is 0 Å². The summed E-state index contributed by atoms with van der Waals surface area (Å²) in [5.41, 5.74) is 9.58. The molecule has 0 spiro atoms. The number of rotatable bonds is 6. The Labute approximate surface area is 232 Å². The second-order valence-electron chi connectivity index (χ2n) is 11.0. The van der Waals surface area contributed by atoms with Crippen LogP contribution in [0.5, 0.6) is 0 Å². The first-order chi connectivity index (χ1) is 18.8. The average molecular weight is 511 g/mol. The van der Waals surface area contributed by atoms with E-state index in [1.165, 1.54) is 49.6 Å². The van der Waals surface area contributed by atoms with Crippen molar-refractivity contribution in [2.24, 2.45) is 5.41 Å². The zero-order chi connectivity index (χ0) is 27.7. The molecule has 196 valence electrons. The van der Waals surface area contributed by atoms with E-state index < -0.39 is 0 Å². The number of anilines is 1. The van der Waals surface area contributed by atoms with E-state index in [0.29, 0.717) is 0 Å². The first kappa shape index (κ1) is 26.3. The maximum absolute atomic E-state index is 4.30. The molecule has 3 aromatic carbocycles. The molecule has 0 radical (unpaired) electrons. The first-order valence-corrected chi connectivity index (χ1v) is 13.7. The highest BCUT2D eigenvalue weighted by Gasteiger charge is 2.32. The van der Waals surface area contributed by atoms with Gasteiger partial charge in [-0.15, -0.1) is 0 Å². The zero-order valence-electron chi connectivity index (χ0n) is 23.7. The topological polar surface area (TPSA) is 8.17 Å². The largest absolute Gasteiger partial charge is 0.341 e. The lowest BCUT2D eigenvalue weighted by molar-refractivity contribution is 0.399. The summed E-state index contributed by atoms with van der Waals surface area (Å²) in [5.74, 6) is 0. The zero-order valence-corrected chi connectivity index (χ0v) is 23.7. The van der Waals surface area contributed by atoms with Crippen molar-refractivity contribution < 1.29 is 0 Å². The lowest BCUT2D eigenvalue weighted by atomic mass is 9.76. The molecule has 0 bridgehead atoms. The van der Waals surface area contributed by atoms with E-state index in [9.17, 15) is 0 Å². The highest BCUT2D eigenvalue weighted by Crippen LogP contribution is 2.42. The average Bonchev–Trinajstić information content (AvgIpc) is 3.26. The lowest BCUT2D eigenvalue weighted by Crippen LogP contribution is -2.36. The number of hydrogen-bond donors (Lipinski definition) is 0. The van der Waals surface area contributed by atoms with Crippen LogP contribution in [0.4, 0.5) is 5.69 Å². The van der Waals surface area contributed by atoms with Gasteiger partial charge in [0.15, 0.2) is 0 Å². The number of aromatic nitrogens is 1. The van der Waals surface area contributed by atoms with Gasteiger partial charge in [0.05, 0.1) is 5.52 Å². The number of nitrogens with zero attached hydrogens (tertiary/aromatic N) is 2. The first-order valence-electron chi connectivity index (χ1n) is 13.7. The predicted molar refractivity (Wildman–Crippen MR) is 171 cm³/mol. The van der Waals surface area contributed by atoms with E-state index in [-0.39, 0.29) is 5.41 Å². The Hall–Kier alpha value is -4.30. The minimum atomic E-state index is 0.0964. The summed E-state index contributed by atoms with van der Waals surface area (Å²) in [6, 6.07) is 26.3. The number of para-hydroxylation sites is 1. The predicted octanol–water partition coefficient (Wildman–Crippen LogP) is 8.32. The molecule has 0 amide bonds. The van der Waals surface area contributed by atoms with Crippen molar-refractivity contribution in [3.8, 4) is 16.8 Å². The van der Waals surface area contributed by atoms with Crippen molar-refractivity contribution in [2.75, 3.05) is 11.4 Å². The Morgan fingerprint density at radius 2 is 1.49 bits per heavy atom. The van der Waals surface area contributed by atoms with Crippen molar-refractivity contribution in [3.05, 3.63) is 132 Å². The van der Waals surface area contributed by atoms with E-state index >= 15 is 0 Å². The molecule has 0 aliphatic carbocycles. The van der Waals surface area contributed by atoms with Crippen LogP contribution >= 0.6 is 0 Å². The standard InChI is InChI=1S/C37H38N2/c1-8-13-31-32-14-11-12-15-35(32)39(34(31)10-3)30-22-18-28(19-23-30)27-16-20-29(21-17-27)38-25-24-37(6,7)33(9-2)36(38)26(4)5/h8-23H,1-2,4,24-25H2,3,5-7H3/b31-13-,34-10+. The SMILES string of the molecule is C=C/C=c1\c(=C/C)n(-c2ccc(-c3ccc(N4CCC(C)(C)C(C=C)=C4C(=C)C)cc3)cc2)c2ccccc12. The second-order valence-corrected chi connectivity index (χ2v) is 11.0. The van der Waals surface area contributed by atoms with Gasteiger partial charge < -0.3 is 9.47 Å². The maximum Gasteiger partial charge on any atom is 0.0540 e. The summed E-state index contributed by atoms with van der Waals surface area (Å²) in [4.78, 5) is 2.40. The number of fused-ring (bicyclic) bond motifs is 1. The number of hydrogen-bond acceptors (Lipinski definition) is 1. The summed E-state index contributed by atoms with van der Waals surface area (Å²) >= 11 is 0. The summed E-state index contributed by atoms with van der Waals surface area (Å²) in [7, 11) is 0. The normalized spacial score (nSPS) is 16.2. The molecule has 39 heavy (non-hydrogen) atoms. The molecular weight excluding hydrogens is 472 g/mol. The third-order valence-electron chi connectivity index (χ3n) is 7.97. The fraction of sp³-hybridized carbons (Fsp3) is 0.189. The van der Waals surface area contributed by atoms with Crippen molar-refractivity contribution in [3.63, 3.8) is 0 Å². The van der Waals surface area contributed by atoms with Gasteiger partial charge in [-0.1, -0.05) is 100 Å². The van der Waals surface area contributed by atoms with Crippen LogP contribution in [-0.2, 0) is 0 Å². The molecule has 2 heteroatoms. The van der Waals surface area contributed by atoms with Crippen LogP contribution in [0.1, 0.15) is 34.1 Å². The second kappa shape index (κ2) is 10.5. The highest BCUT2D eigenvalue weighted by atomic mass is 15.2. The van der Waals surface area contributed by atoms with Crippen LogP contribution in [0.15, 0.2) is 122 Å². The lowest BCUT2D eigenvalue weighted by Gasteiger charge is -2.42. The van der Waals surface area contributed by atoms with E-state index in [2.05, 4.69) is 142 Å². The van der Waals surface area contributed by atoms with Gasteiger partial charge in [-0.05, 0) is 78.3 Å². The molecule has 1 aliphatic heterocycles. The summed E-state index contributed by atoms with van der Waals surface area (Å²) in [6.45, 7) is 22.1. The summed E-state index contributed by atoms with van der Waals surface area (Å²) in [5, 5.41) is 3.61. The van der Waals surface area contributed by atoms with Gasteiger partial charge in [-0.25, -0.2) is 0 Å². The molecule has 0 saturated carbocycles. The van der Waals surface area contributed by atoms with E-state index in [1.54, 1.807) is 0 Å². The molecule has 2 nitrogen and oxygen atoms in total. The Kier molecular flexibility index (Phi) is 7.06. The third kappa shape index (κ3) is 4.61. The molecule has 1 aliphatic rings. The van der Waals surface area contributed by atoms with E-state index in [0.717, 1.165) is 24.2 Å². The fourth-order valence-corrected chi connectivity index (χ4v) is 5.97. The van der Waals surface area contributed by atoms with Gasteiger partial charge >= 0.3 is 0 Å². The van der Waals surface area contributed by atoms with Crippen LogP contribution in [-0.4, -0.2) is 11.1 Å². The van der Waals surface area contributed by atoms with Gasteiger partial charge in [0.2, 0.25) is 0 Å².